The van der Waals surface area contributed by atoms with Crippen LogP contribution in [0.3, 0.4) is 0 Å². The Morgan fingerprint density at radius 3 is 2.32 bits per heavy atom. The van der Waals surface area contributed by atoms with E-state index in [1.54, 1.807) is 7.05 Å². The quantitative estimate of drug-likeness (QED) is 0.202. The molecule has 2 amide bonds. The molecule has 2 rings (SSSR count). The Kier molecular flexibility index (Phi) is 11.7. The van der Waals surface area contributed by atoms with Gasteiger partial charge in [-0.3, -0.25) is 9.79 Å². The molecule has 8 nitrogen and oxygen atoms in total. The molecule has 1 aromatic carbocycles. The third-order valence-electron chi connectivity index (χ3n) is 4.57. The van der Waals surface area contributed by atoms with Gasteiger partial charge in [-0.25, -0.2) is 4.79 Å². The zero-order valence-electron chi connectivity index (χ0n) is 19.0. The third kappa shape index (κ3) is 10.7. The molecular weight excluding hydrogens is 509 g/mol. The average Bonchev–Trinajstić information content (AvgIpc) is 3.08. The molecule has 1 saturated heterocycles. The number of guanidine groups is 1. The number of nitrogens with zero attached hydrogens (tertiary/aromatic N) is 2. The molecule has 0 aromatic heterocycles. The lowest BCUT2D eigenvalue weighted by Gasteiger charge is -2.19. The van der Waals surface area contributed by atoms with Gasteiger partial charge >= 0.3 is 6.09 Å². The molecule has 0 spiro atoms. The topological polar surface area (TPSA) is 95.1 Å². The van der Waals surface area contributed by atoms with Crippen molar-refractivity contribution in [2.24, 2.45) is 4.99 Å². The fourth-order valence-electron chi connectivity index (χ4n) is 3.06. The summed E-state index contributed by atoms with van der Waals surface area (Å²) in [5.41, 5.74) is 1.80. The average molecular weight is 545 g/mol. The highest BCUT2D eigenvalue weighted by molar-refractivity contribution is 14.0. The van der Waals surface area contributed by atoms with E-state index in [0.717, 1.165) is 30.5 Å². The van der Waals surface area contributed by atoms with E-state index in [0.29, 0.717) is 38.6 Å². The van der Waals surface area contributed by atoms with Gasteiger partial charge in [-0.05, 0) is 44.7 Å². The lowest BCUT2D eigenvalue weighted by molar-refractivity contribution is -0.128. The summed E-state index contributed by atoms with van der Waals surface area (Å²) in [4.78, 5) is 29.5. The first-order chi connectivity index (χ1) is 14.3. The summed E-state index contributed by atoms with van der Waals surface area (Å²) in [5, 5.41) is 9.24. The van der Waals surface area contributed by atoms with E-state index in [9.17, 15) is 9.59 Å². The number of benzene rings is 1. The molecule has 1 aliphatic heterocycles. The summed E-state index contributed by atoms with van der Waals surface area (Å²) in [6.07, 6.45) is 1.99. The molecule has 31 heavy (non-hydrogen) atoms. The zero-order valence-corrected chi connectivity index (χ0v) is 21.3. The van der Waals surface area contributed by atoms with Crippen LogP contribution in [-0.2, 0) is 22.6 Å². The molecule has 0 aliphatic carbocycles. The van der Waals surface area contributed by atoms with Crippen molar-refractivity contribution >= 4 is 41.9 Å². The van der Waals surface area contributed by atoms with Crippen molar-refractivity contribution in [3.8, 4) is 0 Å². The number of alkyl carbamates (subject to hydrolysis) is 1. The Morgan fingerprint density at radius 2 is 1.74 bits per heavy atom. The van der Waals surface area contributed by atoms with Crippen LogP contribution in [0.4, 0.5) is 4.79 Å². The highest BCUT2D eigenvalue weighted by Crippen LogP contribution is 2.14. The Balaban J connectivity index is 0.00000480. The van der Waals surface area contributed by atoms with E-state index in [1.807, 2.05) is 25.7 Å². The minimum absolute atomic E-state index is 0. The van der Waals surface area contributed by atoms with E-state index in [1.165, 1.54) is 0 Å². The number of carbonyl (C=O) groups excluding carboxylic acids is 2. The molecule has 0 bridgehead atoms. The molecule has 1 aromatic rings. The molecule has 174 valence electrons. The summed E-state index contributed by atoms with van der Waals surface area (Å²) in [7, 11) is 1.73. The van der Waals surface area contributed by atoms with Gasteiger partial charge in [0.1, 0.15) is 5.60 Å². The largest absolute Gasteiger partial charge is 0.444 e. The number of hydrogen-bond acceptors (Lipinski definition) is 4. The van der Waals surface area contributed by atoms with E-state index < -0.39 is 11.7 Å². The summed E-state index contributed by atoms with van der Waals surface area (Å²) < 4.78 is 5.20. The fraction of sp³-hybridized carbons (Fsp3) is 0.591. The first-order valence-corrected chi connectivity index (χ1v) is 10.5. The maximum atomic E-state index is 11.7. The molecule has 1 fully saturated rings. The van der Waals surface area contributed by atoms with Crippen molar-refractivity contribution in [2.75, 3.05) is 26.7 Å². The van der Waals surface area contributed by atoms with Gasteiger partial charge in [-0.1, -0.05) is 24.3 Å². The number of rotatable bonds is 8. The van der Waals surface area contributed by atoms with Gasteiger partial charge in [-0.2, -0.15) is 0 Å². The smallest absolute Gasteiger partial charge is 0.407 e. The van der Waals surface area contributed by atoms with E-state index in [-0.39, 0.29) is 29.9 Å². The highest BCUT2D eigenvalue weighted by Gasteiger charge is 2.19. The molecule has 3 N–H and O–H groups in total. The van der Waals surface area contributed by atoms with Crippen LogP contribution in [0.15, 0.2) is 29.3 Å². The molecule has 0 atom stereocenters. The minimum Gasteiger partial charge on any atom is -0.444 e. The molecule has 1 aliphatic rings. The van der Waals surface area contributed by atoms with Gasteiger partial charge in [0.05, 0.1) is 0 Å². The summed E-state index contributed by atoms with van der Waals surface area (Å²) in [6, 6.07) is 8.28. The first kappa shape index (κ1) is 27.0. The maximum Gasteiger partial charge on any atom is 0.407 e. The number of likely N-dealkylation sites (tertiary alicyclic amines) is 1. The highest BCUT2D eigenvalue weighted by atomic mass is 127. The van der Waals surface area contributed by atoms with Crippen LogP contribution >= 0.6 is 24.0 Å². The Morgan fingerprint density at radius 1 is 1.10 bits per heavy atom. The Hall–Kier alpha value is -2.04. The second kappa shape index (κ2) is 13.4. The normalized spacial score (nSPS) is 14.1. The van der Waals surface area contributed by atoms with E-state index in [2.05, 4.69) is 45.2 Å². The minimum atomic E-state index is -0.488. The predicted octanol–water partition coefficient (Wildman–Crippen LogP) is 3.01. The van der Waals surface area contributed by atoms with Crippen LogP contribution in [0.25, 0.3) is 0 Å². The van der Waals surface area contributed by atoms with Gasteiger partial charge in [0.15, 0.2) is 5.96 Å². The summed E-state index contributed by atoms with van der Waals surface area (Å²) in [6.45, 7) is 8.92. The summed E-state index contributed by atoms with van der Waals surface area (Å²) in [5.74, 6) is 0.955. The number of nitrogens with one attached hydrogen (secondary N) is 3. The lowest BCUT2D eigenvalue weighted by Crippen LogP contribution is -2.39. The van der Waals surface area contributed by atoms with Gasteiger partial charge < -0.3 is 25.6 Å². The van der Waals surface area contributed by atoms with Crippen molar-refractivity contribution in [3.05, 3.63) is 35.4 Å². The molecule has 9 heteroatoms. The number of hydrogen-bond donors (Lipinski definition) is 3. The molecular formula is C22H36IN5O3. The van der Waals surface area contributed by atoms with Crippen LogP contribution in [-0.4, -0.2) is 55.1 Å². The Bertz CT molecular complexity index is 732. The van der Waals surface area contributed by atoms with Crippen molar-refractivity contribution in [2.45, 2.75) is 58.7 Å². The molecule has 0 saturated carbocycles. The van der Waals surface area contributed by atoms with E-state index in [4.69, 9.17) is 4.74 Å². The van der Waals surface area contributed by atoms with E-state index >= 15 is 0 Å². The van der Waals surface area contributed by atoms with Gasteiger partial charge in [-0.15, -0.1) is 24.0 Å². The van der Waals surface area contributed by atoms with Crippen LogP contribution in [0.5, 0.6) is 0 Å². The van der Waals surface area contributed by atoms with Crippen molar-refractivity contribution in [1.82, 2.24) is 20.9 Å². The van der Waals surface area contributed by atoms with Gasteiger partial charge in [0, 0.05) is 46.2 Å². The second-order valence-corrected chi connectivity index (χ2v) is 8.37. The van der Waals surface area contributed by atoms with Crippen molar-refractivity contribution < 1.29 is 14.3 Å². The van der Waals surface area contributed by atoms with Crippen molar-refractivity contribution in [1.29, 1.82) is 0 Å². The zero-order chi connectivity index (χ0) is 22.0. The SMILES string of the molecule is CN=C(NCCCNC(=O)OC(C)(C)C)NCc1ccc(CN2CCCC2=O)cc1.I. The van der Waals surface area contributed by atoms with Crippen LogP contribution < -0.4 is 16.0 Å². The number of halogens is 1. The lowest BCUT2D eigenvalue weighted by atomic mass is 10.1. The molecule has 1 heterocycles. The number of carbonyl (C=O) groups is 2. The first-order valence-electron chi connectivity index (χ1n) is 10.5. The molecule has 0 unspecified atom stereocenters. The predicted molar refractivity (Wildman–Crippen MR) is 134 cm³/mol. The maximum absolute atomic E-state index is 11.7. The van der Waals surface area contributed by atoms with Crippen molar-refractivity contribution in [3.63, 3.8) is 0 Å². The van der Waals surface area contributed by atoms with Gasteiger partial charge in [0.25, 0.3) is 0 Å². The monoisotopic (exact) mass is 545 g/mol. The molecule has 0 radical (unpaired) electrons. The standard InChI is InChI=1S/C22H35N5O3.HI/c1-22(2,3)30-21(29)25-13-6-12-24-20(23-4)26-15-17-8-10-18(11-9-17)16-27-14-5-7-19(27)28;/h8-11H,5-7,12-16H2,1-4H3,(H,25,29)(H2,23,24,26);1H. The van der Waals surface area contributed by atoms with Crippen LogP contribution in [0.2, 0.25) is 0 Å². The van der Waals surface area contributed by atoms with Gasteiger partial charge in [0.2, 0.25) is 5.91 Å². The van der Waals surface area contributed by atoms with Crippen LogP contribution in [0.1, 0.15) is 51.2 Å². The number of aliphatic imine (C=N–C) groups is 1. The third-order valence-corrected chi connectivity index (χ3v) is 4.57. The second-order valence-electron chi connectivity index (χ2n) is 8.37. The Labute approximate surface area is 202 Å². The van der Waals surface area contributed by atoms with Crippen LogP contribution in [0, 0.1) is 0 Å². The fourth-order valence-corrected chi connectivity index (χ4v) is 3.06. The number of amides is 2. The number of ether oxygens (including phenoxy) is 1. The summed E-state index contributed by atoms with van der Waals surface area (Å²) >= 11 is 0.